The summed E-state index contributed by atoms with van der Waals surface area (Å²) in [5.74, 6) is -3.80. The first kappa shape index (κ1) is 38.2. The van der Waals surface area contributed by atoms with Crippen LogP contribution in [-0.2, 0) is 30.4 Å². The highest BCUT2D eigenvalue weighted by Crippen LogP contribution is 2.18. The average Bonchev–Trinajstić information content (AvgIpc) is 3.11. The molecule has 1 aliphatic rings. The number of likely N-dealkylation sites (N-methyl/N-ethyl adjacent to an activating group) is 1. The molecular formula is C38H47N7O6. The molecule has 4 N–H and O–H groups in total. The second-order valence-electron chi connectivity index (χ2n) is 13.2. The molecule has 1 aliphatic heterocycles. The fraction of sp³-hybridized carbons (Fsp3) is 0.395. The molecule has 4 rings (SSSR count). The van der Waals surface area contributed by atoms with Gasteiger partial charge in [-0.15, -0.1) is 0 Å². The van der Waals surface area contributed by atoms with Gasteiger partial charge in [0.25, 0.3) is 5.91 Å². The van der Waals surface area contributed by atoms with Crippen molar-refractivity contribution in [1.29, 1.82) is 0 Å². The predicted molar refractivity (Wildman–Crippen MR) is 191 cm³/mol. The van der Waals surface area contributed by atoms with Gasteiger partial charge < -0.3 is 31.1 Å². The van der Waals surface area contributed by atoms with Crippen molar-refractivity contribution in [1.82, 2.24) is 36.1 Å². The molecule has 1 saturated heterocycles. The Morgan fingerprint density at radius 1 is 0.804 bits per heavy atom. The Bertz CT molecular complexity index is 1720. The van der Waals surface area contributed by atoms with E-state index in [1.165, 1.54) is 30.7 Å². The third kappa shape index (κ3) is 10.2. The number of rotatable bonds is 5. The summed E-state index contributed by atoms with van der Waals surface area (Å²) in [6.45, 7) is 7.68. The summed E-state index contributed by atoms with van der Waals surface area (Å²) in [5.41, 5.74) is 2.10. The maximum Gasteiger partial charge on any atom is 0.273 e. The van der Waals surface area contributed by atoms with E-state index in [1.807, 2.05) is 36.4 Å². The number of carbonyl (C=O) groups excluding carboxylic acids is 6. The third-order valence-corrected chi connectivity index (χ3v) is 8.87. The number of hydrogen-bond acceptors (Lipinski definition) is 7. The average molecular weight is 698 g/mol. The van der Waals surface area contributed by atoms with Crippen LogP contribution in [0.3, 0.4) is 0 Å². The smallest absolute Gasteiger partial charge is 0.273 e. The van der Waals surface area contributed by atoms with E-state index in [2.05, 4.69) is 26.3 Å². The zero-order valence-corrected chi connectivity index (χ0v) is 29.9. The molecule has 1 aromatic heterocycles. The van der Waals surface area contributed by atoms with Crippen molar-refractivity contribution >= 4 is 35.4 Å². The molecule has 0 saturated carbocycles. The molecule has 0 spiro atoms. The van der Waals surface area contributed by atoms with E-state index in [1.54, 1.807) is 63.2 Å². The van der Waals surface area contributed by atoms with Crippen LogP contribution in [0.1, 0.15) is 61.0 Å². The molecule has 13 nitrogen and oxygen atoms in total. The summed E-state index contributed by atoms with van der Waals surface area (Å²) in [6, 6.07) is 18.0. The van der Waals surface area contributed by atoms with Crippen LogP contribution in [0.25, 0.3) is 0 Å². The summed E-state index contributed by atoms with van der Waals surface area (Å²) >= 11 is 0. The van der Waals surface area contributed by atoms with Gasteiger partial charge in [0.1, 0.15) is 29.9 Å². The molecule has 3 aromatic rings. The third-order valence-electron chi connectivity index (χ3n) is 8.87. The number of hydrogen-bond donors (Lipinski definition) is 4. The largest absolute Gasteiger partial charge is 0.346 e. The Labute approximate surface area is 298 Å². The number of pyridine rings is 1. The van der Waals surface area contributed by atoms with Gasteiger partial charge in [-0.25, -0.2) is 4.98 Å². The van der Waals surface area contributed by atoms with Gasteiger partial charge >= 0.3 is 0 Å². The van der Waals surface area contributed by atoms with Crippen LogP contribution >= 0.6 is 0 Å². The van der Waals surface area contributed by atoms with Crippen LogP contribution < -0.4 is 21.3 Å². The second-order valence-corrected chi connectivity index (χ2v) is 13.2. The maximum atomic E-state index is 14.0. The lowest BCUT2D eigenvalue weighted by Gasteiger charge is -2.33. The summed E-state index contributed by atoms with van der Waals surface area (Å²) in [6.07, 6.45) is 0.106. The summed E-state index contributed by atoms with van der Waals surface area (Å²) in [4.78, 5) is 89.4. The van der Waals surface area contributed by atoms with Crippen LogP contribution in [0.4, 0.5) is 0 Å². The van der Waals surface area contributed by atoms with Crippen molar-refractivity contribution in [2.24, 2.45) is 5.92 Å². The summed E-state index contributed by atoms with van der Waals surface area (Å²) < 4.78 is 0. The Hall–Kier alpha value is -5.59. The maximum absolute atomic E-state index is 14.0. The summed E-state index contributed by atoms with van der Waals surface area (Å²) in [7, 11) is 1.45. The topological polar surface area (TPSA) is 170 Å². The molecule has 1 fully saturated rings. The number of amides is 6. The predicted octanol–water partition coefficient (Wildman–Crippen LogP) is 1.92. The first-order valence-electron chi connectivity index (χ1n) is 17.0. The van der Waals surface area contributed by atoms with E-state index in [0.717, 1.165) is 5.56 Å². The fourth-order valence-corrected chi connectivity index (χ4v) is 5.73. The van der Waals surface area contributed by atoms with Crippen molar-refractivity contribution in [2.75, 3.05) is 20.1 Å². The lowest BCUT2D eigenvalue weighted by atomic mass is 10.0. The number of carbonyl (C=O) groups is 6. The van der Waals surface area contributed by atoms with Crippen LogP contribution in [-0.4, -0.2) is 94.5 Å². The Morgan fingerprint density at radius 2 is 1.45 bits per heavy atom. The monoisotopic (exact) mass is 697 g/mol. The molecule has 13 heteroatoms. The van der Waals surface area contributed by atoms with Gasteiger partial charge in [-0.1, -0.05) is 80.6 Å². The van der Waals surface area contributed by atoms with E-state index in [-0.39, 0.29) is 24.6 Å². The molecule has 6 amide bonds. The lowest BCUT2D eigenvalue weighted by molar-refractivity contribution is -0.142. The van der Waals surface area contributed by atoms with Gasteiger partial charge in [0, 0.05) is 25.7 Å². The van der Waals surface area contributed by atoms with Crippen molar-refractivity contribution in [3.05, 3.63) is 101 Å². The zero-order chi connectivity index (χ0) is 37.2. The van der Waals surface area contributed by atoms with Crippen molar-refractivity contribution in [2.45, 2.75) is 71.2 Å². The second kappa shape index (κ2) is 17.4. The highest BCUT2D eigenvalue weighted by molar-refractivity contribution is 5.97. The number of aryl methyl sites for hydroxylation is 1. The minimum absolute atomic E-state index is 0.0971. The van der Waals surface area contributed by atoms with E-state index in [9.17, 15) is 28.8 Å². The van der Waals surface area contributed by atoms with Crippen LogP contribution in [0, 0.1) is 12.8 Å². The molecule has 0 radical (unpaired) electrons. The molecule has 51 heavy (non-hydrogen) atoms. The minimum Gasteiger partial charge on any atom is -0.346 e. The van der Waals surface area contributed by atoms with E-state index in [4.69, 9.17) is 0 Å². The quantitative estimate of drug-likeness (QED) is 0.316. The highest BCUT2D eigenvalue weighted by atomic mass is 16.2. The van der Waals surface area contributed by atoms with E-state index < -0.39 is 72.2 Å². The summed E-state index contributed by atoms with van der Waals surface area (Å²) in [5, 5.41) is 11.2. The Morgan fingerprint density at radius 3 is 2.08 bits per heavy atom. The van der Waals surface area contributed by atoms with Gasteiger partial charge in [0.15, 0.2) is 0 Å². The Kier molecular flexibility index (Phi) is 13.0. The van der Waals surface area contributed by atoms with Gasteiger partial charge in [-0.2, -0.15) is 0 Å². The molecule has 0 unspecified atom stereocenters. The van der Waals surface area contributed by atoms with Gasteiger partial charge in [0.2, 0.25) is 29.5 Å². The molecule has 5 atom stereocenters. The lowest BCUT2D eigenvalue weighted by Crippen LogP contribution is -2.59. The zero-order valence-electron chi connectivity index (χ0n) is 29.9. The molecule has 0 aliphatic carbocycles. The number of benzene rings is 2. The molecule has 2 heterocycles. The molecular weight excluding hydrogens is 650 g/mol. The van der Waals surface area contributed by atoms with Gasteiger partial charge in [0.05, 0.1) is 12.6 Å². The standard InChI is InChI=1S/C38H47N7O6/c1-23(2)33-36(49)40-25(4)34(47)42-31(28-17-11-8-12-18-28)21-45(38(51)29-19-13-14-24(3)39-29)22-32(46)41-30(20-27-15-9-7-10-16-27)37(50)44(6)26(5)35(48)43-33/h7-19,23,25-26,30-31,33H,20-22H2,1-6H3,(H,40,49)(H,41,46)(H,42,47)(H,43,48)/t25-,26-,30-,31-,33+/m0/s1. The molecule has 270 valence electrons. The van der Waals surface area contributed by atoms with Gasteiger partial charge in [-0.3, -0.25) is 28.8 Å². The number of nitrogens with zero attached hydrogens (tertiary/aromatic N) is 3. The molecule has 2 aromatic carbocycles. The fourth-order valence-electron chi connectivity index (χ4n) is 5.73. The number of nitrogens with one attached hydrogen (secondary N) is 4. The van der Waals surface area contributed by atoms with Crippen molar-refractivity contribution in [3.63, 3.8) is 0 Å². The van der Waals surface area contributed by atoms with Crippen molar-refractivity contribution in [3.8, 4) is 0 Å². The van der Waals surface area contributed by atoms with Crippen molar-refractivity contribution < 1.29 is 28.8 Å². The normalized spacial score (nSPS) is 23.0. The molecule has 0 bridgehead atoms. The van der Waals surface area contributed by atoms with Crippen LogP contribution in [0.15, 0.2) is 78.9 Å². The van der Waals surface area contributed by atoms with E-state index in [0.29, 0.717) is 11.3 Å². The Balaban J connectivity index is 1.79. The van der Waals surface area contributed by atoms with E-state index >= 15 is 0 Å². The van der Waals surface area contributed by atoms with Gasteiger partial charge in [-0.05, 0) is 49.9 Å². The first-order chi connectivity index (χ1) is 24.2. The van der Waals surface area contributed by atoms with Crippen LogP contribution in [0.5, 0.6) is 0 Å². The SMILES string of the molecule is Cc1cccc(C(=O)N2CC(=O)N[C@@H](Cc3ccccc3)C(=O)N(C)[C@@H](C)C(=O)N[C@H](C(C)C)C(=O)N[C@@H](C)C(=O)N[C@H](c3ccccc3)C2)n1. The highest BCUT2D eigenvalue weighted by Gasteiger charge is 2.35. The minimum atomic E-state index is -1.11. The number of aromatic nitrogens is 1. The first-order valence-corrected chi connectivity index (χ1v) is 17.0. The van der Waals surface area contributed by atoms with Crippen LogP contribution in [0.2, 0.25) is 0 Å².